The van der Waals surface area contributed by atoms with Crippen LogP contribution in [0.1, 0.15) is 49.4 Å². The minimum atomic E-state index is -0.251. The summed E-state index contributed by atoms with van der Waals surface area (Å²) in [5, 5.41) is 12.3. The molecule has 0 aliphatic heterocycles. The molecule has 0 saturated carbocycles. The molecule has 0 bridgehead atoms. The third-order valence-electron chi connectivity index (χ3n) is 5.19. The Hall–Kier alpha value is -2.80. The first kappa shape index (κ1) is 22.9. The Morgan fingerprint density at radius 3 is 2.48 bits per heavy atom. The molecule has 7 heteroatoms. The number of carbonyl (C=O) groups is 1. The fraction of sp³-hybridized carbons (Fsp3) is 0.375. The molecule has 1 amide bonds. The smallest absolute Gasteiger partial charge is 0.234 e. The molecule has 31 heavy (non-hydrogen) atoms. The number of rotatable bonds is 9. The van der Waals surface area contributed by atoms with Gasteiger partial charge in [0, 0.05) is 12.2 Å². The van der Waals surface area contributed by atoms with Crippen LogP contribution in [0.15, 0.2) is 47.6 Å². The lowest BCUT2D eigenvalue weighted by atomic mass is 10.1. The normalized spacial score (nSPS) is 11.9. The number of ether oxygens (including phenoxy) is 1. The van der Waals surface area contributed by atoms with E-state index in [-0.39, 0.29) is 17.8 Å². The lowest BCUT2D eigenvalue weighted by Gasteiger charge is -2.16. The third-order valence-corrected chi connectivity index (χ3v) is 6.16. The van der Waals surface area contributed by atoms with Crippen molar-refractivity contribution in [1.82, 2.24) is 14.8 Å². The first-order chi connectivity index (χ1) is 14.9. The SMILES string of the molecule is CCc1ccc(O[C@H](C)c2nnc(SCC(=O)Nc3ccc(C)c(C)c3)n2CC)cc1. The molecule has 0 spiro atoms. The van der Waals surface area contributed by atoms with Gasteiger partial charge in [-0.1, -0.05) is 36.9 Å². The molecule has 3 rings (SSSR count). The van der Waals surface area contributed by atoms with E-state index in [0.29, 0.717) is 11.7 Å². The van der Waals surface area contributed by atoms with Gasteiger partial charge in [-0.15, -0.1) is 10.2 Å². The van der Waals surface area contributed by atoms with Crippen molar-refractivity contribution < 1.29 is 9.53 Å². The zero-order valence-electron chi connectivity index (χ0n) is 18.8. The van der Waals surface area contributed by atoms with Crippen LogP contribution in [0.3, 0.4) is 0 Å². The number of benzene rings is 2. The monoisotopic (exact) mass is 438 g/mol. The summed E-state index contributed by atoms with van der Waals surface area (Å²) < 4.78 is 8.07. The van der Waals surface area contributed by atoms with E-state index in [1.807, 2.05) is 55.7 Å². The predicted octanol–water partition coefficient (Wildman–Crippen LogP) is 5.35. The minimum Gasteiger partial charge on any atom is -0.483 e. The summed E-state index contributed by atoms with van der Waals surface area (Å²) in [4.78, 5) is 12.4. The Morgan fingerprint density at radius 2 is 1.84 bits per heavy atom. The summed E-state index contributed by atoms with van der Waals surface area (Å²) in [6, 6.07) is 14.0. The zero-order valence-corrected chi connectivity index (χ0v) is 19.6. The first-order valence-electron chi connectivity index (χ1n) is 10.6. The molecule has 6 nitrogen and oxygen atoms in total. The van der Waals surface area contributed by atoms with Gasteiger partial charge in [0.15, 0.2) is 17.1 Å². The van der Waals surface area contributed by atoms with Crippen molar-refractivity contribution in [3.8, 4) is 5.75 Å². The third kappa shape index (κ3) is 5.88. The second-order valence-corrected chi connectivity index (χ2v) is 8.42. The molecule has 2 aromatic carbocycles. The number of amides is 1. The molecule has 164 valence electrons. The molecular formula is C24H30N4O2S. The maximum Gasteiger partial charge on any atom is 0.234 e. The van der Waals surface area contributed by atoms with E-state index in [9.17, 15) is 4.79 Å². The highest BCUT2D eigenvalue weighted by atomic mass is 32.2. The molecule has 1 heterocycles. The molecule has 0 fully saturated rings. The van der Waals surface area contributed by atoms with Crippen molar-refractivity contribution in [1.29, 1.82) is 0 Å². The predicted molar refractivity (Wildman–Crippen MR) is 126 cm³/mol. The zero-order chi connectivity index (χ0) is 22.4. The van der Waals surface area contributed by atoms with E-state index in [1.54, 1.807) is 0 Å². The van der Waals surface area contributed by atoms with E-state index in [4.69, 9.17) is 4.74 Å². The van der Waals surface area contributed by atoms with Crippen LogP contribution in [0.25, 0.3) is 0 Å². The summed E-state index contributed by atoms with van der Waals surface area (Å²) in [5.74, 6) is 1.75. The van der Waals surface area contributed by atoms with Gasteiger partial charge in [-0.2, -0.15) is 0 Å². The molecule has 0 aliphatic carbocycles. The molecule has 0 radical (unpaired) electrons. The largest absolute Gasteiger partial charge is 0.483 e. The van der Waals surface area contributed by atoms with Crippen LogP contribution in [0.4, 0.5) is 5.69 Å². The van der Waals surface area contributed by atoms with Crippen molar-refractivity contribution in [3.63, 3.8) is 0 Å². The lowest BCUT2D eigenvalue weighted by Crippen LogP contribution is -2.15. The number of aryl methyl sites for hydroxylation is 3. The Labute approximate surface area is 188 Å². The fourth-order valence-electron chi connectivity index (χ4n) is 3.21. The Morgan fingerprint density at radius 1 is 1.10 bits per heavy atom. The van der Waals surface area contributed by atoms with Crippen molar-refractivity contribution in [2.75, 3.05) is 11.1 Å². The van der Waals surface area contributed by atoms with Crippen LogP contribution >= 0.6 is 11.8 Å². The number of thioether (sulfide) groups is 1. The fourth-order valence-corrected chi connectivity index (χ4v) is 4.02. The number of nitrogens with zero attached hydrogens (tertiary/aromatic N) is 3. The Kier molecular flexibility index (Phi) is 7.74. The minimum absolute atomic E-state index is 0.0687. The Bertz CT molecular complexity index is 1030. The summed E-state index contributed by atoms with van der Waals surface area (Å²) in [6.07, 6.45) is 0.746. The van der Waals surface area contributed by atoms with Gasteiger partial charge in [0.25, 0.3) is 0 Å². The number of anilines is 1. The highest BCUT2D eigenvalue weighted by Crippen LogP contribution is 2.25. The van der Waals surface area contributed by atoms with Crippen LogP contribution in [0, 0.1) is 13.8 Å². The highest BCUT2D eigenvalue weighted by molar-refractivity contribution is 7.99. The van der Waals surface area contributed by atoms with Gasteiger partial charge in [0.2, 0.25) is 5.91 Å². The van der Waals surface area contributed by atoms with E-state index in [1.165, 1.54) is 22.9 Å². The first-order valence-corrected chi connectivity index (χ1v) is 11.6. The lowest BCUT2D eigenvalue weighted by molar-refractivity contribution is -0.113. The summed E-state index contributed by atoms with van der Waals surface area (Å²) in [5.41, 5.74) is 4.43. The van der Waals surface area contributed by atoms with Crippen molar-refractivity contribution in [2.24, 2.45) is 0 Å². The molecule has 1 aromatic heterocycles. The van der Waals surface area contributed by atoms with Gasteiger partial charge in [-0.05, 0) is 75.1 Å². The number of carbonyl (C=O) groups excluding carboxylic acids is 1. The number of hydrogen-bond donors (Lipinski definition) is 1. The highest BCUT2D eigenvalue weighted by Gasteiger charge is 2.19. The molecular weight excluding hydrogens is 408 g/mol. The number of nitrogens with one attached hydrogen (secondary N) is 1. The van der Waals surface area contributed by atoms with Crippen molar-refractivity contribution in [3.05, 3.63) is 65.0 Å². The van der Waals surface area contributed by atoms with Crippen LogP contribution in [-0.2, 0) is 17.8 Å². The molecule has 0 aliphatic rings. The second-order valence-electron chi connectivity index (χ2n) is 7.48. The molecule has 0 saturated heterocycles. The maximum atomic E-state index is 12.4. The summed E-state index contributed by atoms with van der Waals surface area (Å²) in [7, 11) is 0. The maximum absolute atomic E-state index is 12.4. The van der Waals surface area contributed by atoms with E-state index in [2.05, 4.69) is 41.5 Å². The number of aromatic nitrogens is 3. The standard InChI is InChI=1S/C24H30N4O2S/c1-6-19-9-12-21(13-10-19)30-18(5)23-26-27-24(28(23)7-2)31-15-22(29)25-20-11-8-16(3)17(4)14-20/h8-14,18H,6-7,15H2,1-5H3,(H,25,29)/t18-/m1/s1. The van der Waals surface area contributed by atoms with Crippen LogP contribution < -0.4 is 10.1 Å². The summed E-state index contributed by atoms with van der Waals surface area (Å²) >= 11 is 1.38. The number of hydrogen-bond acceptors (Lipinski definition) is 5. The van der Waals surface area contributed by atoms with Gasteiger partial charge >= 0.3 is 0 Å². The van der Waals surface area contributed by atoms with Crippen molar-refractivity contribution in [2.45, 2.75) is 58.8 Å². The van der Waals surface area contributed by atoms with Gasteiger partial charge in [-0.3, -0.25) is 4.79 Å². The molecule has 3 aromatic rings. The van der Waals surface area contributed by atoms with Gasteiger partial charge in [0.1, 0.15) is 5.75 Å². The van der Waals surface area contributed by atoms with E-state index >= 15 is 0 Å². The average molecular weight is 439 g/mol. The van der Waals surface area contributed by atoms with Gasteiger partial charge < -0.3 is 14.6 Å². The van der Waals surface area contributed by atoms with Crippen molar-refractivity contribution >= 4 is 23.4 Å². The van der Waals surface area contributed by atoms with Crippen LogP contribution in [0.5, 0.6) is 5.75 Å². The molecule has 1 atom stereocenters. The Balaban J connectivity index is 1.61. The van der Waals surface area contributed by atoms with E-state index < -0.39 is 0 Å². The second kappa shape index (κ2) is 10.5. The van der Waals surface area contributed by atoms with Gasteiger partial charge in [-0.25, -0.2) is 0 Å². The van der Waals surface area contributed by atoms with Crippen LogP contribution in [0.2, 0.25) is 0 Å². The average Bonchev–Trinajstić information content (AvgIpc) is 3.18. The molecule has 0 unspecified atom stereocenters. The van der Waals surface area contributed by atoms with E-state index in [0.717, 1.165) is 29.2 Å². The molecule has 1 N–H and O–H groups in total. The quantitative estimate of drug-likeness (QED) is 0.456. The topological polar surface area (TPSA) is 69.0 Å². The van der Waals surface area contributed by atoms with Crippen LogP contribution in [-0.4, -0.2) is 26.4 Å². The van der Waals surface area contributed by atoms with Gasteiger partial charge in [0.05, 0.1) is 5.75 Å². The summed E-state index contributed by atoms with van der Waals surface area (Å²) in [6.45, 7) is 10.9.